The Balaban J connectivity index is 1.44. The SMILES string of the molecule is CCn1c([C@@H]2CCCN(C(=O)CCn3nnc4ccccc43)C2)nn(C)c1=O. The van der Waals surface area contributed by atoms with Crippen molar-refractivity contribution in [3.8, 4) is 0 Å². The van der Waals surface area contributed by atoms with Crippen molar-refractivity contribution in [1.82, 2.24) is 34.2 Å². The topological polar surface area (TPSA) is 90.8 Å². The molecule has 1 saturated heterocycles. The molecule has 0 unspecified atom stereocenters. The molecule has 148 valence electrons. The van der Waals surface area contributed by atoms with Crippen molar-refractivity contribution >= 4 is 16.9 Å². The molecule has 1 amide bonds. The van der Waals surface area contributed by atoms with E-state index >= 15 is 0 Å². The number of fused-ring (bicyclic) bond motifs is 1. The van der Waals surface area contributed by atoms with E-state index in [2.05, 4.69) is 15.4 Å². The molecule has 2 aromatic heterocycles. The summed E-state index contributed by atoms with van der Waals surface area (Å²) in [5.74, 6) is 0.985. The minimum absolute atomic E-state index is 0.0961. The van der Waals surface area contributed by atoms with E-state index in [9.17, 15) is 9.59 Å². The number of aromatic nitrogens is 6. The van der Waals surface area contributed by atoms with Crippen LogP contribution in [-0.2, 0) is 24.9 Å². The first-order valence-corrected chi connectivity index (χ1v) is 9.78. The molecule has 1 aliphatic rings. The Morgan fingerprint density at radius 2 is 2.11 bits per heavy atom. The molecule has 28 heavy (non-hydrogen) atoms. The number of para-hydroxylation sites is 1. The number of hydrogen-bond donors (Lipinski definition) is 0. The van der Waals surface area contributed by atoms with Gasteiger partial charge in [-0.1, -0.05) is 17.3 Å². The van der Waals surface area contributed by atoms with E-state index in [4.69, 9.17) is 0 Å². The van der Waals surface area contributed by atoms with Crippen molar-refractivity contribution in [2.45, 2.75) is 45.2 Å². The second kappa shape index (κ2) is 7.57. The van der Waals surface area contributed by atoms with Gasteiger partial charge >= 0.3 is 5.69 Å². The summed E-state index contributed by atoms with van der Waals surface area (Å²) < 4.78 is 4.87. The molecular formula is C19H25N7O2. The number of piperidine rings is 1. The van der Waals surface area contributed by atoms with Gasteiger partial charge in [-0.15, -0.1) is 5.10 Å². The minimum Gasteiger partial charge on any atom is -0.342 e. The Morgan fingerprint density at radius 3 is 2.93 bits per heavy atom. The summed E-state index contributed by atoms with van der Waals surface area (Å²) >= 11 is 0. The van der Waals surface area contributed by atoms with E-state index in [1.54, 1.807) is 16.3 Å². The van der Waals surface area contributed by atoms with Gasteiger partial charge in [0.2, 0.25) is 5.91 Å². The third-order valence-electron chi connectivity index (χ3n) is 5.45. The molecule has 9 nitrogen and oxygen atoms in total. The van der Waals surface area contributed by atoms with Crippen LogP contribution in [-0.4, -0.2) is 53.2 Å². The van der Waals surface area contributed by atoms with Crippen LogP contribution >= 0.6 is 0 Å². The quantitative estimate of drug-likeness (QED) is 0.659. The van der Waals surface area contributed by atoms with Crippen molar-refractivity contribution < 1.29 is 4.79 Å². The van der Waals surface area contributed by atoms with Gasteiger partial charge in [0, 0.05) is 39.0 Å². The molecule has 1 atom stereocenters. The van der Waals surface area contributed by atoms with E-state index in [-0.39, 0.29) is 17.5 Å². The standard InChI is InChI=1S/C19H25N7O2/c1-3-25-18(21-23(2)19(25)28)14-7-6-11-24(13-14)17(27)10-12-26-16-9-5-4-8-15(16)20-22-26/h4-5,8-9,14H,3,6-7,10-13H2,1-2H3/t14-/m1/s1. The summed E-state index contributed by atoms with van der Waals surface area (Å²) in [4.78, 5) is 26.9. The van der Waals surface area contributed by atoms with Crippen LogP contribution in [0.25, 0.3) is 11.0 Å². The fourth-order valence-corrected chi connectivity index (χ4v) is 3.98. The van der Waals surface area contributed by atoms with Gasteiger partial charge in [-0.3, -0.25) is 9.36 Å². The monoisotopic (exact) mass is 383 g/mol. The third kappa shape index (κ3) is 3.32. The molecule has 0 N–H and O–H groups in total. The number of nitrogens with zero attached hydrogens (tertiary/aromatic N) is 7. The first kappa shape index (κ1) is 18.4. The van der Waals surface area contributed by atoms with Gasteiger partial charge in [-0.25, -0.2) is 14.2 Å². The Bertz CT molecular complexity index is 1050. The van der Waals surface area contributed by atoms with Gasteiger partial charge in [0.15, 0.2) is 0 Å². The molecule has 3 heterocycles. The van der Waals surface area contributed by atoms with Crippen LogP contribution in [0, 0.1) is 0 Å². The molecule has 4 rings (SSSR count). The highest BCUT2D eigenvalue weighted by Crippen LogP contribution is 2.25. The van der Waals surface area contributed by atoms with E-state index in [1.807, 2.05) is 36.1 Å². The number of amides is 1. The van der Waals surface area contributed by atoms with Crippen molar-refractivity contribution in [2.75, 3.05) is 13.1 Å². The fraction of sp³-hybridized carbons (Fsp3) is 0.526. The maximum Gasteiger partial charge on any atom is 0.345 e. The van der Waals surface area contributed by atoms with Crippen molar-refractivity contribution in [3.63, 3.8) is 0 Å². The van der Waals surface area contributed by atoms with E-state index in [1.165, 1.54) is 4.68 Å². The first-order valence-electron chi connectivity index (χ1n) is 9.78. The average molecular weight is 383 g/mol. The fourth-order valence-electron chi connectivity index (χ4n) is 3.98. The van der Waals surface area contributed by atoms with Crippen molar-refractivity contribution in [3.05, 3.63) is 40.6 Å². The van der Waals surface area contributed by atoms with Crippen LogP contribution in [0.5, 0.6) is 0 Å². The number of rotatable bonds is 5. The zero-order valence-corrected chi connectivity index (χ0v) is 16.3. The number of aryl methyl sites for hydroxylation is 2. The zero-order chi connectivity index (χ0) is 19.7. The summed E-state index contributed by atoms with van der Waals surface area (Å²) in [6, 6.07) is 7.74. The Hall–Kier alpha value is -2.97. The molecule has 0 bridgehead atoms. The zero-order valence-electron chi connectivity index (χ0n) is 16.3. The van der Waals surface area contributed by atoms with Gasteiger partial charge in [0.05, 0.1) is 12.1 Å². The van der Waals surface area contributed by atoms with Crippen LogP contribution in [0.15, 0.2) is 29.1 Å². The summed E-state index contributed by atoms with van der Waals surface area (Å²) in [5.41, 5.74) is 1.67. The highest BCUT2D eigenvalue weighted by molar-refractivity contribution is 5.77. The smallest absolute Gasteiger partial charge is 0.342 e. The van der Waals surface area contributed by atoms with Crippen LogP contribution in [0.4, 0.5) is 0 Å². The lowest BCUT2D eigenvalue weighted by Crippen LogP contribution is -2.40. The van der Waals surface area contributed by atoms with Crippen LogP contribution in [0.1, 0.15) is 37.9 Å². The van der Waals surface area contributed by atoms with Crippen molar-refractivity contribution in [1.29, 1.82) is 0 Å². The second-order valence-electron chi connectivity index (χ2n) is 7.24. The van der Waals surface area contributed by atoms with E-state index in [0.717, 1.165) is 36.2 Å². The van der Waals surface area contributed by atoms with Gasteiger partial charge in [0.25, 0.3) is 0 Å². The molecule has 1 fully saturated rings. The lowest BCUT2D eigenvalue weighted by molar-refractivity contribution is -0.132. The third-order valence-corrected chi connectivity index (χ3v) is 5.45. The molecule has 0 spiro atoms. The van der Waals surface area contributed by atoms with Gasteiger partial charge in [-0.05, 0) is 31.9 Å². The van der Waals surface area contributed by atoms with Crippen LogP contribution in [0.2, 0.25) is 0 Å². The summed E-state index contributed by atoms with van der Waals surface area (Å²) in [5, 5.41) is 12.7. The largest absolute Gasteiger partial charge is 0.345 e. The van der Waals surface area contributed by atoms with E-state index in [0.29, 0.717) is 26.1 Å². The van der Waals surface area contributed by atoms with Crippen LogP contribution < -0.4 is 5.69 Å². The number of hydrogen-bond acceptors (Lipinski definition) is 5. The lowest BCUT2D eigenvalue weighted by atomic mass is 9.97. The number of carbonyl (C=O) groups is 1. The molecular weight excluding hydrogens is 358 g/mol. The van der Waals surface area contributed by atoms with Crippen LogP contribution in [0.3, 0.4) is 0 Å². The molecule has 0 radical (unpaired) electrons. The Kier molecular flexibility index (Phi) is 4.97. The van der Waals surface area contributed by atoms with E-state index < -0.39 is 0 Å². The van der Waals surface area contributed by atoms with Gasteiger partial charge < -0.3 is 4.90 Å². The molecule has 3 aromatic rings. The maximum atomic E-state index is 12.8. The maximum absolute atomic E-state index is 12.8. The number of likely N-dealkylation sites (tertiary alicyclic amines) is 1. The predicted octanol–water partition coefficient (Wildman–Crippen LogP) is 1.14. The summed E-state index contributed by atoms with van der Waals surface area (Å²) in [6.45, 7) is 4.39. The second-order valence-corrected chi connectivity index (χ2v) is 7.24. The number of carbonyl (C=O) groups excluding carboxylic acids is 1. The van der Waals surface area contributed by atoms with Crippen molar-refractivity contribution in [2.24, 2.45) is 7.05 Å². The highest BCUT2D eigenvalue weighted by atomic mass is 16.2. The summed E-state index contributed by atoms with van der Waals surface area (Å²) in [6.07, 6.45) is 2.23. The Morgan fingerprint density at radius 1 is 1.29 bits per heavy atom. The predicted molar refractivity (Wildman–Crippen MR) is 104 cm³/mol. The Labute approximate surface area is 162 Å². The van der Waals surface area contributed by atoms with Gasteiger partial charge in [0.1, 0.15) is 11.3 Å². The number of benzene rings is 1. The van der Waals surface area contributed by atoms with Gasteiger partial charge in [-0.2, -0.15) is 5.10 Å². The lowest BCUT2D eigenvalue weighted by Gasteiger charge is -2.32. The average Bonchev–Trinajstić information content (AvgIpc) is 3.27. The highest BCUT2D eigenvalue weighted by Gasteiger charge is 2.28. The molecule has 0 saturated carbocycles. The molecule has 0 aliphatic carbocycles. The molecule has 1 aliphatic heterocycles. The minimum atomic E-state index is -0.0981. The summed E-state index contributed by atoms with van der Waals surface area (Å²) in [7, 11) is 1.67. The molecule has 1 aromatic carbocycles. The molecule has 9 heteroatoms. The first-order chi connectivity index (χ1) is 13.6. The normalized spacial score (nSPS) is 17.4.